The van der Waals surface area contributed by atoms with Crippen LogP contribution < -0.4 is 10.2 Å². The van der Waals surface area contributed by atoms with E-state index in [9.17, 15) is 14.7 Å². The number of halogens is 1. The fraction of sp³-hybridized carbons (Fsp3) is 0.148. The molecule has 0 saturated carbocycles. The monoisotopic (exact) mass is 473 g/mol. The molecule has 2 aliphatic rings. The van der Waals surface area contributed by atoms with E-state index in [0.29, 0.717) is 16.3 Å². The topological polar surface area (TPSA) is 93.5 Å². The number of nitrogens with zero attached hydrogens (tertiary/aromatic N) is 1. The number of aliphatic carboxylic acids is 1. The zero-order valence-electron chi connectivity index (χ0n) is 18.4. The van der Waals surface area contributed by atoms with Crippen molar-refractivity contribution in [2.45, 2.75) is 12.8 Å². The van der Waals surface area contributed by atoms with E-state index in [1.807, 2.05) is 48.6 Å². The first-order valence-corrected chi connectivity index (χ1v) is 11.3. The number of rotatable bonds is 6. The molecule has 0 aromatic heterocycles. The largest absolute Gasteiger partial charge is 0.477 e. The summed E-state index contributed by atoms with van der Waals surface area (Å²) in [6.07, 6.45) is 11.3. The van der Waals surface area contributed by atoms with E-state index in [4.69, 9.17) is 17.0 Å². The molecule has 6 nitrogen and oxygen atoms in total. The van der Waals surface area contributed by atoms with Gasteiger partial charge in [-0.05, 0) is 67.0 Å². The van der Waals surface area contributed by atoms with Gasteiger partial charge in [0.25, 0.3) is 5.91 Å². The van der Waals surface area contributed by atoms with Crippen LogP contribution in [0.2, 0.25) is 5.02 Å². The van der Waals surface area contributed by atoms with Gasteiger partial charge in [0.2, 0.25) is 0 Å². The van der Waals surface area contributed by atoms with E-state index in [0.717, 1.165) is 30.8 Å². The summed E-state index contributed by atoms with van der Waals surface area (Å²) in [5.41, 5.74) is 2.36. The van der Waals surface area contributed by atoms with E-state index < -0.39 is 17.6 Å². The lowest BCUT2D eigenvalue weighted by Crippen LogP contribution is -2.32. The number of carboxylic acid groups (broad SMARTS) is 1. The normalized spacial score (nSPS) is 17.7. The first-order chi connectivity index (χ1) is 16.4. The lowest BCUT2D eigenvalue weighted by molar-refractivity contribution is -0.129. The van der Waals surface area contributed by atoms with Crippen LogP contribution in [0.1, 0.15) is 12.8 Å². The third kappa shape index (κ3) is 5.35. The number of benzene rings is 2. The highest BCUT2D eigenvalue weighted by Gasteiger charge is 2.26. The Morgan fingerprint density at radius 2 is 1.82 bits per heavy atom. The molecule has 1 saturated heterocycles. The average molecular weight is 474 g/mol. The van der Waals surface area contributed by atoms with Crippen LogP contribution in [0.25, 0.3) is 0 Å². The van der Waals surface area contributed by atoms with Crippen molar-refractivity contribution in [3.63, 3.8) is 0 Å². The summed E-state index contributed by atoms with van der Waals surface area (Å²) in [5, 5.41) is 20.7. The summed E-state index contributed by atoms with van der Waals surface area (Å²) < 4.78 is 0. The van der Waals surface area contributed by atoms with E-state index in [-0.39, 0.29) is 11.5 Å². The molecule has 1 heterocycles. The maximum atomic E-state index is 12.9. The number of carboxylic acids is 1. The highest BCUT2D eigenvalue weighted by atomic mass is 35.5. The van der Waals surface area contributed by atoms with Crippen LogP contribution in [-0.2, 0) is 9.59 Å². The molecule has 2 aromatic carbocycles. The van der Waals surface area contributed by atoms with Gasteiger partial charge in [0.05, 0.1) is 5.57 Å². The molecule has 0 bridgehead atoms. The van der Waals surface area contributed by atoms with Crippen molar-refractivity contribution in [3.05, 3.63) is 107 Å². The highest BCUT2D eigenvalue weighted by molar-refractivity contribution is 6.48. The number of amides is 1. The first-order valence-electron chi connectivity index (χ1n) is 11.0. The van der Waals surface area contributed by atoms with E-state index in [1.165, 1.54) is 6.08 Å². The quantitative estimate of drug-likeness (QED) is 0.375. The molecule has 34 heavy (non-hydrogen) atoms. The van der Waals surface area contributed by atoms with Crippen molar-refractivity contribution in [3.8, 4) is 0 Å². The Hall–Kier alpha value is -3.90. The predicted molar refractivity (Wildman–Crippen MR) is 135 cm³/mol. The molecule has 1 unspecified atom stereocenters. The molecule has 1 aliphatic carbocycles. The van der Waals surface area contributed by atoms with Gasteiger partial charge in [-0.1, -0.05) is 48.0 Å². The third-order valence-corrected chi connectivity index (χ3v) is 6.02. The predicted octanol–water partition coefficient (Wildman–Crippen LogP) is 5.61. The smallest absolute Gasteiger partial charge is 0.354 e. The number of carbonyl (C=O) groups excluding carboxylic acids is 1. The molecule has 2 aromatic rings. The summed E-state index contributed by atoms with van der Waals surface area (Å²) in [6, 6.07) is 16.5. The molecule has 7 heteroatoms. The van der Waals surface area contributed by atoms with Gasteiger partial charge in [0.15, 0.2) is 5.71 Å². The number of hydrogen-bond donors (Lipinski definition) is 3. The first kappa shape index (κ1) is 23.3. The third-order valence-electron chi connectivity index (χ3n) is 5.76. The van der Waals surface area contributed by atoms with Crippen LogP contribution >= 0.6 is 11.6 Å². The van der Waals surface area contributed by atoms with E-state index >= 15 is 0 Å². The lowest BCUT2D eigenvalue weighted by atomic mass is 9.93. The van der Waals surface area contributed by atoms with Crippen molar-refractivity contribution in [1.82, 2.24) is 0 Å². The SMILES string of the molecule is N=C(C(=O)O)/C(=C/C1=CC=C2C(C=C1)CCCN2c1ccc(Cl)cc1)C(=O)Nc1ccccc1. The number of carbonyl (C=O) groups is 2. The Morgan fingerprint density at radius 1 is 1.09 bits per heavy atom. The van der Waals surface area contributed by atoms with E-state index in [2.05, 4.69) is 16.3 Å². The number of allylic oxidation sites excluding steroid dienone is 6. The Kier molecular flexibility index (Phi) is 7.09. The minimum absolute atomic E-state index is 0.187. The minimum atomic E-state index is -1.46. The van der Waals surface area contributed by atoms with Gasteiger partial charge in [0, 0.05) is 34.6 Å². The second kappa shape index (κ2) is 10.4. The number of para-hydroxylation sites is 1. The maximum absolute atomic E-state index is 12.9. The molecule has 3 N–H and O–H groups in total. The summed E-state index contributed by atoms with van der Waals surface area (Å²) in [5.74, 6) is -1.93. The average Bonchev–Trinajstić information content (AvgIpc) is 3.05. The van der Waals surface area contributed by atoms with Crippen LogP contribution in [0.15, 0.2) is 102 Å². The zero-order chi connectivity index (χ0) is 24.1. The second-order valence-corrected chi connectivity index (χ2v) is 8.49. The minimum Gasteiger partial charge on any atom is -0.477 e. The van der Waals surface area contributed by atoms with Gasteiger partial charge in [0.1, 0.15) is 0 Å². The Bertz CT molecular complexity index is 1230. The summed E-state index contributed by atoms with van der Waals surface area (Å²) in [6.45, 7) is 0.880. The molecule has 0 radical (unpaired) electrons. The molecule has 1 fully saturated rings. The van der Waals surface area contributed by atoms with Gasteiger partial charge >= 0.3 is 5.97 Å². The fourth-order valence-corrected chi connectivity index (χ4v) is 4.19. The molecular formula is C27H24ClN3O3. The molecule has 4 rings (SSSR count). The molecular weight excluding hydrogens is 450 g/mol. The molecule has 172 valence electrons. The van der Waals surface area contributed by atoms with Crippen molar-refractivity contribution < 1.29 is 14.7 Å². The van der Waals surface area contributed by atoms with Crippen molar-refractivity contribution in [2.75, 3.05) is 16.8 Å². The van der Waals surface area contributed by atoms with Gasteiger partial charge in [-0.2, -0.15) is 0 Å². The molecule has 1 atom stereocenters. The Morgan fingerprint density at radius 3 is 2.53 bits per heavy atom. The summed E-state index contributed by atoms with van der Waals surface area (Å²) >= 11 is 6.05. The van der Waals surface area contributed by atoms with Crippen molar-refractivity contribution in [1.29, 1.82) is 5.41 Å². The molecule has 1 aliphatic heterocycles. The summed E-state index contributed by atoms with van der Waals surface area (Å²) in [7, 11) is 0. The molecule has 1 amide bonds. The number of anilines is 2. The number of piperidine rings is 1. The second-order valence-electron chi connectivity index (χ2n) is 8.05. The number of hydrogen-bond acceptors (Lipinski definition) is 4. The van der Waals surface area contributed by atoms with Gasteiger partial charge in [-0.3, -0.25) is 10.2 Å². The highest BCUT2D eigenvalue weighted by Crippen LogP contribution is 2.35. The number of fused-ring (bicyclic) bond motifs is 1. The van der Waals surface area contributed by atoms with Crippen molar-refractivity contribution in [2.24, 2.45) is 5.92 Å². The van der Waals surface area contributed by atoms with Crippen LogP contribution in [-0.4, -0.2) is 29.2 Å². The fourth-order valence-electron chi connectivity index (χ4n) is 4.07. The molecule has 0 spiro atoms. The lowest BCUT2D eigenvalue weighted by Gasteiger charge is -2.36. The maximum Gasteiger partial charge on any atom is 0.354 e. The van der Waals surface area contributed by atoms with Crippen LogP contribution in [0.4, 0.5) is 11.4 Å². The van der Waals surface area contributed by atoms with Crippen LogP contribution in [0, 0.1) is 11.3 Å². The Labute approximate surface area is 203 Å². The van der Waals surface area contributed by atoms with E-state index in [1.54, 1.807) is 24.3 Å². The van der Waals surface area contributed by atoms with Crippen LogP contribution in [0.3, 0.4) is 0 Å². The van der Waals surface area contributed by atoms with Gasteiger partial charge < -0.3 is 15.3 Å². The van der Waals surface area contributed by atoms with Gasteiger partial charge in [-0.15, -0.1) is 0 Å². The van der Waals surface area contributed by atoms with Crippen molar-refractivity contribution >= 4 is 40.6 Å². The van der Waals surface area contributed by atoms with Gasteiger partial charge in [-0.25, -0.2) is 4.79 Å². The standard InChI is InChI=1S/C27H24ClN3O3/c28-20-11-13-22(14-12-20)31-16-4-5-19-10-8-18(9-15-24(19)31)17-23(25(29)27(33)34)26(32)30-21-6-2-1-3-7-21/h1-3,6-15,17,19,29H,4-5,16H2,(H,30,32)(H,33,34)/b23-17-,29-25?. The van der Waals surface area contributed by atoms with Crippen LogP contribution in [0.5, 0.6) is 0 Å². The zero-order valence-corrected chi connectivity index (χ0v) is 19.1. The Balaban J connectivity index is 1.66. The summed E-state index contributed by atoms with van der Waals surface area (Å²) in [4.78, 5) is 26.6. The number of nitrogens with one attached hydrogen (secondary N) is 2.